The molecule has 0 aromatic rings. The van der Waals surface area contributed by atoms with E-state index in [1.54, 1.807) is 12.2 Å². The van der Waals surface area contributed by atoms with Crippen molar-refractivity contribution in [2.45, 2.75) is 12.1 Å². The van der Waals surface area contributed by atoms with E-state index in [1.807, 2.05) is 0 Å². The van der Waals surface area contributed by atoms with Gasteiger partial charge in [-0.1, -0.05) is 0 Å². The predicted molar refractivity (Wildman–Crippen MR) is 46.3 cm³/mol. The van der Waals surface area contributed by atoms with Gasteiger partial charge in [0.15, 0.2) is 12.9 Å². The minimum absolute atomic E-state index is 0.102. The van der Waals surface area contributed by atoms with Gasteiger partial charge in [-0.2, -0.15) is 0 Å². The Hall–Kier alpha value is -1.11. The predicted octanol–water partition coefficient (Wildman–Crippen LogP) is -0.0167. The van der Waals surface area contributed by atoms with Crippen molar-refractivity contribution in [1.82, 2.24) is 0 Å². The van der Waals surface area contributed by atoms with Crippen LogP contribution < -0.4 is 5.73 Å². The van der Waals surface area contributed by atoms with Gasteiger partial charge in [0.1, 0.15) is 0 Å². The van der Waals surface area contributed by atoms with Crippen molar-refractivity contribution < 1.29 is 23.7 Å². The van der Waals surface area contributed by atoms with Crippen LogP contribution in [0.5, 0.6) is 0 Å². The van der Waals surface area contributed by atoms with Gasteiger partial charge < -0.3 is 24.7 Å². The first kappa shape index (κ1) is 11.0. The molecule has 0 fully saturated rings. The summed E-state index contributed by atoms with van der Waals surface area (Å²) in [5, 5.41) is 0. The van der Waals surface area contributed by atoms with Crippen LogP contribution in [-0.2, 0) is 18.9 Å². The van der Waals surface area contributed by atoms with Crippen LogP contribution in [0.1, 0.15) is 0 Å². The van der Waals surface area contributed by atoms with Gasteiger partial charge in [-0.25, -0.2) is 4.79 Å². The van der Waals surface area contributed by atoms with E-state index in [2.05, 4.69) is 4.74 Å². The summed E-state index contributed by atoms with van der Waals surface area (Å²) in [5.41, 5.74) is 4.82. The van der Waals surface area contributed by atoms with Crippen molar-refractivity contribution in [3.63, 3.8) is 0 Å². The molecular formula is C8H13NO5. The van der Waals surface area contributed by atoms with Crippen molar-refractivity contribution >= 4 is 6.09 Å². The van der Waals surface area contributed by atoms with Crippen LogP contribution in [0, 0.1) is 0 Å². The van der Waals surface area contributed by atoms with E-state index in [9.17, 15) is 4.79 Å². The van der Waals surface area contributed by atoms with E-state index in [1.165, 1.54) is 14.2 Å². The average molecular weight is 203 g/mol. The molecule has 6 heteroatoms. The summed E-state index contributed by atoms with van der Waals surface area (Å²) >= 11 is 0. The maximum Gasteiger partial charge on any atom is 0.404 e. The van der Waals surface area contributed by atoms with Gasteiger partial charge in [-0.05, 0) is 12.2 Å². The van der Waals surface area contributed by atoms with Gasteiger partial charge in [0.05, 0.1) is 0 Å². The summed E-state index contributed by atoms with van der Waals surface area (Å²) in [5.74, 6) is -1.09. The van der Waals surface area contributed by atoms with E-state index in [-0.39, 0.29) is 6.61 Å². The van der Waals surface area contributed by atoms with Gasteiger partial charge >= 0.3 is 6.09 Å². The minimum Gasteiger partial charge on any atom is -0.444 e. The zero-order valence-corrected chi connectivity index (χ0v) is 8.06. The third-order valence-corrected chi connectivity index (χ3v) is 1.82. The Morgan fingerprint density at radius 2 is 2.36 bits per heavy atom. The van der Waals surface area contributed by atoms with Crippen molar-refractivity contribution in [3.8, 4) is 0 Å². The fourth-order valence-corrected chi connectivity index (χ4v) is 1.06. The highest BCUT2D eigenvalue weighted by molar-refractivity contribution is 5.64. The Morgan fingerprint density at radius 1 is 1.64 bits per heavy atom. The molecule has 1 aliphatic heterocycles. The molecule has 1 heterocycles. The maximum absolute atomic E-state index is 10.4. The molecule has 1 rings (SSSR count). The molecule has 0 saturated heterocycles. The Bertz CT molecular complexity index is 242. The summed E-state index contributed by atoms with van der Waals surface area (Å²) in [6.45, 7) is -0.102. The van der Waals surface area contributed by atoms with E-state index in [0.29, 0.717) is 0 Å². The molecular weight excluding hydrogens is 190 g/mol. The third kappa shape index (κ3) is 2.44. The van der Waals surface area contributed by atoms with Crippen molar-refractivity contribution in [2.24, 2.45) is 5.73 Å². The molecule has 6 nitrogen and oxygen atoms in total. The standard InChI is InChI=1S/C8H13NO5/c1-11-6-3-4-8(12-2,14-6)5-13-7(9)10/h3-4,6H,5H2,1-2H3,(H2,9,10). The highest BCUT2D eigenvalue weighted by Gasteiger charge is 2.37. The number of carbonyl (C=O) groups is 1. The van der Waals surface area contributed by atoms with Gasteiger partial charge in [0, 0.05) is 14.2 Å². The molecule has 0 bridgehead atoms. The number of nitrogens with two attached hydrogens (primary N) is 1. The first-order chi connectivity index (χ1) is 6.62. The van der Waals surface area contributed by atoms with Crippen LogP contribution in [0.4, 0.5) is 4.79 Å². The Kier molecular flexibility index (Phi) is 3.45. The maximum atomic E-state index is 10.4. The number of carbonyl (C=O) groups excluding carboxylic acids is 1. The molecule has 0 radical (unpaired) electrons. The molecule has 2 atom stereocenters. The van der Waals surface area contributed by atoms with Gasteiger partial charge in [0.2, 0.25) is 5.79 Å². The molecule has 2 unspecified atom stereocenters. The molecule has 14 heavy (non-hydrogen) atoms. The fraction of sp³-hybridized carbons (Fsp3) is 0.625. The second-order valence-corrected chi connectivity index (χ2v) is 2.70. The highest BCUT2D eigenvalue weighted by atomic mass is 16.8. The zero-order chi connectivity index (χ0) is 10.6. The summed E-state index contributed by atoms with van der Waals surface area (Å²) in [6, 6.07) is 0. The first-order valence-electron chi connectivity index (χ1n) is 3.99. The molecule has 1 aliphatic rings. The lowest BCUT2D eigenvalue weighted by atomic mass is 10.3. The lowest BCUT2D eigenvalue weighted by Gasteiger charge is -2.25. The van der Waals surface area contributed by atoms with Gasteiger partial charge in [0.25, 0.3) is 0 Å². The largest absolute Gasteiger partial charge is 0.444 e. The Morgan fingerprint density at radius 3 is 2.79 bits per heavy atom. The summed E-state index contributed by atoms with van der Waals surface area (Å²) < 4.78 is 19.9. The zero-order valence-electron chi connectivity index (χ0n) is 8.06. The summed E-state index contributed by atoms with van der Waals surface area (Å²) in [6.07, 6.45) is 1.91. The second-order valence-electron chi connectivity index (χ2n) is 2.70. The Balaban J connectivity index is 2.52. The second kappa shape index (κ2) is 4.41. The van der Waals surface area contributed by atoms with E-state index < -0.39 is 18.2 Å². The molecule has 0 spiro atoms. The molecule has 0 saturated carbocycles. The van der Waals surface area contributed by atoms with Crippen molar-refractivity contribution in [1.29, 1.82) is 0 Å². The van der Waals surface area contributed by atoms with Gasteiger partial charge in [-0.15, -0.1) is 0 Å². The number of ether oxygens (including phenoxy) is 4. The highest BCUT2D eigenvalue weighted by Crippen LogP contribution is 2.24. The number of rotatable bonds is 4. The number of hydrogen-bond acceptors (Lipinski definition) is 5. The molecule has 0 aromatic heterocycles. The van der Waals surface area contributed by atoms with E-state index in [4.69, 9.17) is 19.9 Å². The van der Waals surface area contributed by atoms with Crippen LogP contribution in [0.2, 0.25) is 0 Å². The SMILES string of the molecule is COC1C=CC(COC(N)=O)(OC)O1. The molecule has 2 N–H and O–H groups in total. The smallest absolute Gasteiger partial charge is 0.404 e. The molecule has 0 aliphatic carbocycles. The van der Waals surface area contributed by atoms with Gasteiger partial charge in [-0.3, -0.25) is 0 Å². The van der Waals surface area contributed by atoms with Crippen LogP contribution in [-0.4, -0.2) is 39.0 Å². The summed E-state index contributed by atoms with van der Waals surface area (Å²) in [4.78, 5) is 10.4. The quantitative estimate of drug-likeness (QED) is 0.649. The van der Waals surface area contributed by atoms with Crippen molar-refractivity contribution in [2.75, 3.05) is 20.8 Å². The van der Waals surface area contributed by atoms with E-state index in [0.717, 1.165) is 0 Å². The topological polar surface area (TPSA) is 80.0 Å². The minimum atomic E-state index is -1.09. The Labute approximate surface area is 81.6 Å². The van der Waals surface area contributed by atoms with Crippen LogP contribution in [0.3, 0.4) is 0 Å². The lowest BCUT2D eigenvalue weighted by Crippen LogP contribution is -2.39. The molecule has 80 valence electrons. The molecule has 1 amide bonds. The number of methoxy groups -OCH3 is 2. The van der Waals surface area contributed by atoms with Crippen molar-refractivity contribution in [3.05, 3.63) is 12.2 Å². The first-order valence-corrected chi connectivity index (χ1v) is 3.99. The number of amides is 1. The van der Waals surface area contributed by atoms with Crippen LogP contribution in [0.15, 0.2) is 12.2 Å². The number of hydrogen-bond donors (Lipinski definition) is 1. The normalized spacial score (nSPS) is 30.6. The lowest BCUT2D eigenvalue weighted by molar-refractivity contribution is -0.254. The van der Waals surface area contributed by atoms with E-state index >= 15 is 0 Å². The fourth-order valence-electron chi connectivity index (χ4n) is 1.06. The number of primary amides is 1. The molecule has 0 aromatic carbocycles. The average Bonchev–Trinajstić information content (AvgIpc) is 2.59. The monoisotopic (exact) mass is 203 g/mol. The third-order valence-electron chi connectivity index (χ3n) is 1.82. The van der Waals surface area contributed by atoms with Crippen LogP contribution in [0.25, 0.3) is 0 Å². The van der Waals surface area contributed by atoms with Crippen LogP contribution >= 0.6 is 0 Å². The summed E-state index contributed by atoms with van der Waals surface area (Å²) in [7, 11) is 2.93.